The van der Waals surface area contributed by atoms with Gasteiger partial charge in [0.05, 0.1) is 33.3 Å². The molecule has 0 radical (unpaired) electrons. The number of nitrogens with zero attached hydrogens (tertiary/aromatic N) is 1. The molecule has 1 amide bonds. The Balaban J connectivity index is 1.35. The molecular formula is C31H29F4N3O4S2. The summed E-state index contributed by atoms with van der Waals surface area (Å²) in [7, 11) is 1.50. The van der Waals surface area contributed by atoms with E-state index in [1.807, 2.05) is 56.4 Å². The zero-order valence-electron chi connectivity index (χ0n) is 23.7. The van der Waals surface area contributed by atoms with E-state index in [4.69, 9.17) is 0 Å². The highest BCUT2D eigenvalue weighted by Gasteiger charge is 2.43. The van der Waals surface area contributed by atoms with Gasteiger partial charge in [-0.05, 0) is 85.1 Å². The lowest BCUT2D eigenvalue weighted by molar-refractivity contribution is -0.148. The third-order valence-corrected chi connectivity index (χ3v) is 10.7. The molecule has 0 bridgehead atoms. The number of rotatable bonds is 7. The number of carboxylic acids is 1. The number of anilines is 2. The van der Waals surface area contributed by atoms with Crippen molar-refractivity contribution in [2.75, 3.05) is 16.7 Å². The van der Waals surface area contributed by atoms with Gasteiger partial charge in [-0.2, -0.15) is 13.2 Å². The number of carboxylic acid groups (broad SMARTS) is 1. The summed E-state index contributed by atoms with van der Waals surface area (Å²) >= 11 is 1.15. The molecule has 1 unspecified atom stereocenters. The molecule has 0 saturated heterocycles. The predicted molar refractivity (Wildman–Crippen MR) is 166 cm³/mol. The number of aromatic amines is 1. The molecule has 1 aliphatic rings. The standard InChI is InChI=1S/C31H29F4N3O4S2/c1-3-44(20-12-14-25-26(16-20)43-30(42)37-25)38(2)19-10-7-17(8-11-19)21-5-4-6-22(27(21)29(40)41)28(39)36-24-13-9-18(15-23(24)32)31(33,34)35/h3,7-16,21-22,27H,4-6H2,1-2H3,(H,36,39)(H,37,42)(H,40,41)/t21-,22-,27-,44?/m1/s1. The zero-order chi connectivity index (χ0) is 31.8. The Bertz CT molecular complexity index is 1800. The normalized spacial score (nSPS) is 19.5. The van der Waals surface area contributed by atoms with Gasteiger partial charge in [0.25, 0.3) is 0 Å². The number of amides is 1. The number of H-pyrrole nitrogens is 1. The highest BCUT2D eigenvalue weighted by molar-refractivity contribution is 8.16. The highest BCUT2D eigenvalue weighted by atomic mass is 32.2. The summed E-state index contributed by atoms with van der Waals surface area (Å²) in [5.74, 6) is -5.78. The second-order valence-electron chi connectivity index (χ2n) is 10.5. The van der Waals surface area contributed by atoms with Crippen LogP contribution in [-0.4, -0.2) is 34.4 Å². The first-order valence-corrected chi connectivity index (χ1v) is 15.8. The molecule has 1 aromatic heterocycles. The number of hydrogen-bond acceptors (Lipinski definition) is 5. The van der Waals surface area contributed by atoms with Crippen LogP contribution >= 0.6 is 22.0 Å². The van der Waals surface area contributed by atoms with E-state index >= 15 is 0 Å². The Labute approximate surface area is 256 Å². The van der Waals surface area contributed by atoms with Crippen LogP contribution in [0.2, 0.25) is 0 Å². The Morgan fingerprint density at radius 1 is 1.09 bits per heavy atom. The molecule has 3 N–H and O–H groups in total. The van der Waals surface area contributed by atoms with Crippen LogP contribution in [-0.2, 0) is 15.8 Å². The average molecular weight is 648 g/mol. The molecule has 44 heavy (non-hydrogen) atoms. The third-order valence-electron chi connectivity index (χ3n) is 7.91. The highest BCUT2D eigenvalue weighted by Crippen LogP contribution is 2.43. The van der Waals surface area contributed by atoms with E-state index in [1.54, 1.807) is 0 Å². The lowest BCUT2D eigenvalue weighted by Crippen LogP contribution is -2.40. The van der Waals surface area contributed by atoms with E-state index in [0.29, 0.717) is 25.0 Å². The number of thiazole rings is 1. The molecule has 1 heterocycles. The first-order chi connectivity index (χ1) is 20.9. The van der Waals surface area contributed by atoms with Gasteiger partial charge in [-0.25, -0.2) is 4.39 Å². The molecule has 232 valence electrons. The number of benzene rings is 3. The van der Waals surface area contributed by atoms with Gasteiger partial charge in [0.15, 0.2) is 0 Å². The van der Waals surface area contributed by atoms with Gasteiger partial charge in [0, 0.05) is 17.6 Å². The Morgan fingerprint density at radius 3 is 2.45 bits per heavy atom. The fraction of sp³-hybridized carbons (Fsp3) is 0.290. The van der Waals surface area contributed by atoms with Gasteiger partial charge in [0.1, 0.15) is 5.82 Å². The fourth-order valence-corrected chi connectivity index (χ4v) is 8.33. The molecule has 4 aromatic rings. The number of aromatic nitrogens is 1. The molecular weight excluding hydrogens is 618 g/mol. The number of aliphatic carboxylic acids is 1. The van der Waals surface area contributed by atoms with E-state index in [0.717, 1.165) is 43.8 Å². The quantitative estimate of drug-likeness (QED) is 0.143. The summed E-state index contributed by atoms with van der Waals surface area (Å²) in [5.41, 5.74) is 0.785. The van der Waals surface area contributed by atoms with Crippen LogP contribution in [0.1, 0.15) is 43.2 Å². The largest absolute Gasteiger partial charge is 0.481 e. The number of nitrogens with one attached hydrogen (secondary N) is 2. The first kappa shape index (κ1) is 31.5. The molecule has 4 atom stereocenters. The molecule has 1 aliphatic carbocycles. The number of carbonyl (C=O) groups excluding carboxylic acids is 1. The summed E-state index contributed by atoms with van der Waals surface area (Å²) in [6, 6.07) is 15.1. The van der Waals surface area contributed by atoms with Gasteiger partial charge in [-0.3, -0.25) is 14.4 Å². The van der Waals surface area contributed by atoms with Crippen molar-refractivity contribution in [2.45, 2.75) is 43.2 Å². The minimum atomic E-state index is -4.74. The second-order valence-corrected chi connectivity index (χ2v) is 13.6. The maximum atomic E-state index is 14.4. The number of hydrogen-bond donors (Lipinski definition) is 3. The minimum absolute atomic E-state index is 0.115. The minimum Gasteiger partial charge on any atom is -0.481 e. The number of halogens is 4. The molecule has 7 nitrogen and oxygen atoms in total. The topological polar surface area (TPSA) is 103 Å². The maximum absolute atomic E-state index is 14.4. The summed E-state index contributed by atoms with van der Waals surface area (Å²) in [5, 5.41) is 14.6. The van der Waals surface area contributed by atoms with Crippen molar-refractivity contribution in [3.05, 3.63) is 87.3 Å². The zero-order valence-corrected chi connectivity index (χ0v) is 25.3. The number of alkyl halides is 3. The van der Waals surface area contributed by atoms with Crippen LogP contribution < -0.4 is 14.5 Å². The van der Waals surface area contributed by atoms with Crippen LogP contribution in [0.5, 0.6) is 0 Å². The molecule has 13 heteroatoms. The van der Waals surface area contributed by atoms with E-state index in [9.17, 15) is 37.1 Å². The Kier molecular flexibility index (Phi) is 8.98. The lowest BCUT2D eigenvalue weighted by Gasteiger charge is -2.35. The molecule has 1 fully saturated rings. The molecule has 3 aromatic carbocycles. The summed E-state index contributed by atoms with van der Waals surface area (Å²) < 4.78 is 56.1. The SMILES string of the molecule is C/C=S(\c1ccc2[nH]c(=O)sc2c1)N(C)c1ccc([C@H]2CCC[C@@H](C(=O)Nc3ccc(C(F)(F)F)cc3F)[C@@H]2C(=O)O)cc1. The van der Waals surface area contributed by atoms with E-state index < -0.39 is 63.5 Å². The van der Waals surface area contributed by atoms with Gasteiger partial charge >= 0.3 is 17.0 Å². The monoisotopic (exact) mass is 647 g/mol. The number of fused-ring (bicyclic) bond motifs is 1. The van der Waals surface area contributed by atoms with E-state index in [1.165, 1.54) is 0 Å². The van der Waals surface area contributed by atoms with Crippen molar-refractivity contribution in [2.24, 2.45) is 11.8 Å². The van der Waals surface area contributed by atoms with E-state index in [-0.39, 0.29) is 11.3 Å². The Hall–Kier alpha value is -3.97. The number of carbonyl (C=O) groups is 2. The van der Waals surface area contributed by atoms with Crippen LogP contribution in [0.4, 0.5) is 28.9 Å². The average Bonchev–Trinajstić information content (AvgIpc) is 3.37. The lowest BCUT2D eigenvalue weighted by atomic mass is 9.69. The van der Waals surface area contributed by atoms with Crippen molar-refractivity contribution >= 4 is 60.8 Å². The molecule has 0 aliphatic heterocycles. The van der Waals surface area contributed by atoms with Crippen LogP contribution in [0.25, 0.3) is 10.2 Å². The summed E-state index contributed by atoms with van der Waals surface area (Å²) in [4.78, 5) is 41.1. The maximum Gasteiger partial charge on any atom is 0.416 e. The van der Waals surface area contributed by atoms with Crippen molar-refractivity contribution in [3.8, 4) is 0 Å². The van der Waals surface area contributed by atoms with E-state index in [2.05, 4.69) is 20.0 Å². The molecule has 1 saturated carbocycles. The van der Waals surface area contributed by atoms with Crippen molar-refractivity contribution in [3.63, 3.8) is 0 Å². The van der Waals surface area contributed by atoms with Crippen LogP contribution in [0, 0.1) is 17.7 Å². The van der Waals surface area contributed by atoms with Gasteiger partial charge < -0.3 is 19.7 Å². The molecule has 5 rings (SSSR count). The van der Waals surface area contributed by atoms with Gasteiger partial charge in [-0.15, -0.1) is 0 Å². The fourth-order valence-electron chi connectivity index (χ4n) is 5.78. The predicted octanol–water partition coefficient (Wildman–Crippen LogP) is 7.47. The van der Waals surface area contributed by atoms with Gasteiger partial charge in [0.2, 0.25) is 5.91 Å². The van der Waals surface area contributed by atoms with Gasteiger partial charge in [-0.1, -0.05) is 40.6 Å². The summed E-state index contributed by atoms with van der Waals surface area (Å²) in [6.45, 7) is 1.96. The van der Waals surface area contributed by atoms with Crippen molar-refractivity contribution < 1.29 is 32.3 Å². The summed E-state index contributed by atoms with van der Waals surface area (Å²) in [6.07, 6.45) is -3.42. The van der Waals surface area contributed by atoms with Crippen LogP contribution in [0.15, 0.2) is 70.4 Å². The molecule has 0 spiro atoms. The smallest absolute Gasteiger partial charge is 0.416 e. The first-order valence-electron chi connectivity index (χ1n) is 13.8. The van der Waals surface area contributed by atoms with Crippen molar-refractivity contribution in [1.29, 1.82) is 0 Å². The van der Waals surface area contributed by atoms with Crippen LogP contribution in [0.3, 0.4) is 0 Å². The third kappa shape index (κ3) is 6.43. The second kappa shape index (κ2) is 12.6. The van der Waals surface area contributed by atoms with Crippen molar-refractivity contribution in [1.82, 2.24) is 4.98 Å². The Morgan fingerprint density at radius 2 is 1.82 bits per heavy atom.